The summed E-state index contributed by atoms with van der Waals surface area (Å²) >= 11 is 0. The second kappa shape index (κ2) is 10.4. The van der Waals surface area contributed by atoms with Crippen molar-refractivity contribution in [3.05, 3.63) is 66.0 Å². The number of hydrogen-bond donors (Lipinski definition) is 1. The molecule has 39 heavy (non-hydrogen) atoms. The third-order valence-electron chi connectivity index (χ3n) is 7.93. The molecule has 4 aromatic rings. The summed E-state index contributed by atoms with van der Waals surface area (Å²) in [6.45, 7) is 6.24. The number of hydrazone groups is 1. The number of unbranched alkanes of at least 4 members (excludes halogenated alkanes) is 1. The van der Waals surface area contributed by atoms with E-state index in [0.29, 0.717) is 27.9 Å². The lowest BCUT2D eigenvalue weighted by Gasteiger charge is -2.32. The zero-order chi connectivity index (χ0) is 27.1. The Morgan fingerprint density at radius 2 is 1.62 bits per heavy atom. The molecule has 1 fully saturated rings. The molecular weight excluding hydrogens is 500 g/mol. The number of hydrogen-bond acceptors (Lipinski definition) is 6. The number of rotatable bonds is 8. The largest absolute Gasteiger partial charge is 0.350 e. The number of aryl methyl sites for hydroxylation is 2. The molecule has 1 atom stereocenters. The molecule has 1 N–H and O–H groups in total. The van der Waals surface area contributed by atoms with Crippen LogP contribution in [0.3, 0.4) is 0 Å². The van der Waals surface area contributed by atoms with Crippen molar-refractivity contribution in [3.63, 3.8) is 0 Å². The highest BCUT2D eigenvalue weighted by atomic mass is 19.1. The number of piperazine rings is 1. The lowest BCUT2D eigenvalue weighted by Crippen LogP contribution is -2.44. The van der Waals surface area contributed by atoms with Gasteiger partial charge < -0.3 is 18.9 Å². The summed E-state index contributed by atoms with van der Waals surface area (Å²) in [6.07, 6.45) is 5.90. The van der Waals surface area contributed by atoms with E-state index >= 15 is 0 Å². The summed E-state index contributed by atoms with van der Waals surface area (Å²) < 4.78 is 32.8. The number of amidine groups is 1. The normalized spacial score (nSPS) is 18.7. The summed E-state index contributed by atoms with van der Waals surface area (Å²) in [7, 11) is 4.05. The predicted molar refractivity (Wildman–Crippen MR) is 150 cm³/mol. The number of aldehydes is 1. The van der Waals surface area contributed by atoms with Crippen LogP contribution in [0.15, 0.2) is 53.9 Å². The van der Waals surface area contributed by atoms with Gasteiger partial charge in [0.15, 0.2) is 18.3 Å². The molecule has 2 aliphatic rings. The first-order valence-corrected chi connectivity index (χ1v) is 13.4. The van der Waals surface area contributed by atoms with E-state index in [9.17, 15) is 13.6 Å². The molecular formula is C29H33F2N7O. The van der Waals surface area contributed by atoms with Crippen molar-refractivity contribution >= 4 is 39.6 Å². The van der Waals surface area contributed by atoms with E-state index in [1.54, 1.807) is 17.0 Å². The van der Waals surface area contributed by atoms with Crippen LogP contribution in [-0.4, -0.2) is 77.0 Å². The minimum absolute atomic E-state index is 0.350. The highest BCUT2D eigenvalue weighted by Crippen LogP contribution is 2.35. The Morgan fingerprint density at radius 1 is 0.923 bits per heavy atom. The van der Waals surface area contributed by atoms with Crippen LogP contribution in [-0.2, 0) is 18.4 Å². The van der Waals surface area contributed by atoms with Gasteiger partial charge in [-0.3, -0.25) is 15.1 Å². The van der Waals surface area contributed by atoms with Crippen LogP contribution in [0, 0.1) is 11.6 Å². The van der Waals surface area contributed by atoms with Crippen LogP contribution in [0.1, 0.15) is 18.4 Å². The Bertz CT molecular complexity index is 1550. The van der Waals surface area contributed by atoms with E-state index in [4.69, 9.17) is 0 Å². The smallest absolute Gasteiger partial charge is 0.177 e. The zero-order valence-corrected chi connectivity index (χ0v) is 22.3. The maximum Gasteiger partial charge on any atom is 0.177 e. The predicted octanol–water partition coefficient (Wildman–Crippen LogP) is 3.74. The summed E-state index contributed by atoms with van der Waals surface area (Å²) in [5.74, 6) is -0.214. The average molecular weight is 534 g/mol. The Labute approximate surface area is 226 Å². The molecule has 1 saturated heterocycles. The fourth-order valence-corrected chi connectivity index (χ4v) is 5.77. The molecule has 6 rings (SSSR count). The SMILES string of the molecule is CN1CCN(CCCCn2cc(N3C(c4cn(C)c5ccc(F)cc45)=NNC3C=O)c3cc(F)ccc32)CC1. The lowest BCUT2D eigenvalue weighted by molar-refractivity contribution is -0.109. The van der Waals surface area contributed by atoms with Crippen LogP contribution in [0.5, 0.6) is 0 Å². The number of halogens is 2. The van der Waals surface area contributed by atoms with Crippen LogP contribution >= 0.6 is 0 Å². The highest BCUT2D eigenvalue weighted by molar-refractivity contribution is 6.21. The fraction of sp³-hybridized carbons (Fsp3) is 0.379. The van der Waals surface area contributed by atoms with E-state index in [1.807, 2.05) is 24.0 Å². The summed E-state index contributed by atoms with van der Waals surface area (Å²) in [4.78, 5) is 18.8. The van der Waals surface area contributed by atoms with Crippen molar-refractivity contribution in [2.24, 2.45) is 12.1 Å². The van der Waals surface area contributed by atoms with E-state index in [0.717, 1.165) is 69.4 Å². The number of likely N-dealkylation sites (N-methyl/N-ethyl adjacent to an activating group) is 1. The Kier molecular flexibility index (Phi) is 6.82. The number of anilines is 1. The highest BCUT2D eigenvalue weighted by Gasteiger charge is 2.33. The van der Waals surface area contributed by atoms with E-state index in [-0.39, 0.29) is 11.6 Å². The first kappa shape index (κ1) is 25.5. The molecule has 0 saturated carbocycles. The van der Waals surface area contributed by atoms with Gasteiger partial charge in [-0.15, -0.1) is 0 Å². The molecule has 2 aliphatic heterocycles. The molecule has 204 valence electrons. The summed E-state index contributed by atoms with van der Waals surface area (Å²) in [5, 5.41) is 5.88. The van der Waals surface area contributed by atoms with Crippen molar-refractivity contribution in [2.75, 3.05) is 44.7 Å². The molecule has 0 bridgehead atoms. The van der Waals surface area contributed by atoms with Gasteiger partial charge in [0.25, 0.3) is 0 Å². The van der Waals surface area contributed by atoms with Crippen LogP contribution in [0.2, 0.25) is 0 Å². The Balaban J connectivity index is 1.32. The minimum Gasteiger partial charge on any atom is -0.350 e. The number of aromatic nitrogens is 2. The van der Waals surface area contributed by atoms with E-state index in [1.165, 1.54) is 24.3 Å². The van der Waals surface area contributed by atoms with Gasteiger partial charge in [0.05, 0.1) is 11.2 Å². The van der Waals surface area contributed by atoms with Crippen molar-refractivity contribution in [1.82, 2.24) is 24.4 Å². The van der Waals surface area contributed by atoms with Crippen molar-refractivity contribution in [2.45, 2.75) is 25.6 Å². The van der Waals surface area contributed by atoms with Gasteiger partial charge in [0, 0.05) is 74.0 Å². The fourth-order valence-electron chi connectivity index (χ4n) is 5.77. The minimum atomic E-state index is -0.775. The molecule has 1 unspecified atom stereocenters. The molecule has 4 heterocycles. The molecule has 0 spiro atoms. The number of carbonyl (C=O) groups is 1. The zero-order valence-electron chi connectivity index (χ0n) is 22.3. The number of nitrogens with zero attached hydrogens (tertiary/aromatic N) is 6. The number of benzene rings is 2. The van der Waals surface area contributed by atoms with Crippen molar-refractivity contribution in [1.29, 1.82) is 0 Å². The summed E-state index contributed by atoms with van der Waals surface area (Å²) in [5.41, 5.74) is 6.01. The van der Waals surface area contributed by atoms with Gasteiger partial charge in [-0.1, -0.05) is 0 Å². The number of nitrogens with one attached hydrogen (secondary N) is 1. The van der Waals surface area contributed by atoms with E-state index < -0.39 is 6.17 Å². The maximum absolute atomic E-state index is 14.5. The quantitative estimate of drug-likeness (QED) is 0.276. The first-order chi connectivity index (χ1) is 18.9. The third kappa shape index (κ3) is 4.79. The second-order valence-corrected chi connectivity index (χ2v) is 10.6. The van der Waals surface area contributed by atoms with E-state index in [2.05, 4.69) is 31.9 Å². The van der Waals surface area contributed by atoms with Gasteiger partial charge in [0.1, 0.15) is 11.6 Å². The number of carbonyl (C=O) groups excluding carboxylic acids is 1. The first-order valence-electron chi connectivity index (χ1n) is 13.4. The second-order valence-electron chi connectivity index (χ2n) is 10.6. The van der Waals surface area contributed by atoms with Crippen LogP contribution in [0.25, 0.3) is 21.8 Å². The Hall–Kier alpha value is -3.76. The van der Waals surface area contributed by atoms with Crippen LogP contribution < -0.4 is 10.3 Å². The van der Waals surface area contributed by atoms with Gasteiger partial charge in [-0.25, -0.2) is 8.78 Å². The van der Waals surface area contributed by atoms with Gasteiger partial charge in [-0.05, 0) is 62.8 Å². The molecule has 0 radical (unpaired) electrons. The van der Waals surface area contributed by atoms with Gasteiger partial charge in [-0.2, -0.15) is 5.10 Å². The van der Waals surface area contributed by atoms with Crippen LogP contribution in [0.4, 0.5) is 14.5 Å². The Morgan fingerprint density at radius 3 is 2.36 bits per heavy atom. The third-order valence-corrected chi connectivity index (χ3v) is 7.93. The topological polar surface area (TPSA) is 61.0 Å². The maximum atomic E-state index is 14.5. The van der Waals surface area contributed by atoms with Gasteiger partial charge in [0.2, 0.25) is 0 Å². The standard InChI is InChI=1S/C29H33F2N7O/c1-34-11-13-36(14-12-34)9-3-4-10-37-18-27(23-16-21(31)6-8-26(23)37)38-28(19-39)32-33-29(38)24-17-35(2)25-7-5-20(30)15-22(24)25/h5-8,15-19,28,32H,3-4,9-14H2,1-2H3. The van der Waals surface area contributed by atoms with Crippen molar-refractivity contribution < 1.29 is 13.6 Å². The molecule has 10 heteroatoms. The number of fused-ring (bicyclic) bond motifs is 2. The monoisotopic (exact) mass is 533 g/mol. The molecule has 0 aliphatic carbocycles. The lowest BCUT2D eigenvalue weighted by atomic mass is 10.1. The van der Waals surface area contributed by atoms with Gasteiger partial charge >= 0.3 is 0 Å². The molecule has 2 aromatic heterocycles. The molecule has 8 nitrogen and oxygen atoms in total. The molecule has 2 aromatic carbocycles. The van der Waals surface area contributed by atoms with Crippen molar-refractivity contribution in [3.8, 4) is 0 Å². The summed E-state index contributed by atoms with van der Waals surface area (Å²) in [6, 6.07) is 9.39. The average Bonchev–Trinajstić information content (AvgIpc) is 3.60. The molecule has 0 amide bonds.